The molecule has 0 unspecified atom stereocenters. The minimum atomic E-state index is -0.0817. The number of hydrogen-bond acceptors (Lipinski definition) is 1. The SMILES string of the molecule is CC1(C)CCB(c2cc(F)c3c(c2)ncn3C2CCC2)CC1. The molecule has 1 saturated heterocycles. The van der Waals surface area contributed by atoms with E-state index >= 15 is 0 Å². The summed E-state index contributed by atoms with van der Waals surface area (Å²) >= 11 is 0. The van der Waals surface area contributed by atoms with Crippen molar-refractivity contribution in [3.05, 3.63) is 24.3 Å². The Hall–Kier alpha value is -1.32. The summed E-state index contributed by atoms with van der Waals surface area (Å²) in [6, 6.07) is 4.37. The third kappa shape index (κ3) is 2.37. The Bertz CT molecular complexity index is 692. The van der Waals surface area contributed by atoms with Gasteiger partial charge in [-0.1, -0.05) is 44.8 Å². The molecule has 0 bridgehead atoms. The molecule has 1 aliphatic heterocycles. The quantitative estimate of drug-likeness (QED) is 0.750. The van der Waals surface area contributed by atoms with Crippen LogP contribution in [0.15, 0.2) is 18.5 Å². The van der Waals surface area contributed by atoms with Crippen molar-refractivity contribution in [2.75, 3.05) is 0 Å². The normalized spacial score (nSPS) is 22.0. The molecule has 2 aromatic rings. The molecule has 22 heavy (non-hydrogen) atoms. The van der Waals surface area contributed by atoms with Crippen molar-refractivity contribution >= 4 is 23.2 Å². The van der Waals surface area contributed by atoms with E-state index in [1.807, 2.05) is 6.33 Å². The predicted octanol–water partition coefficient (Wildman–Crippen LogP) is 4.42. The number of nitrogens with zero attached hydrogens (tertiary/aromatic N) is 2. The molecule has 2 aliphatic rings. The number of halogens is 1. The van der Waals surface area contributed by atoms with Crippen molar-refractivity contribution in [1.29, 1.82) is 0 Å². The van der Waals surface area contributed by atoms with Crippen molar-refractivity contribution in [3.8, 4) is 0 Å². The van der Waals surface area contributed by atoms with Gasteiger partial charge in [0.05, 0.1) is 11.8 Å². The van der Waals surface area contributed by atoms with Gasteiger partial charge in [0.2, 0.25) is 0 Å². The first kappa shape index (κ1) is 14.3. The number of hydrogen-bond donors (Lipinski definition) is 0. The fourth-order valence-corrected chi connectivity index (χ4v) is 4.05. The summed E-state index contributed by atoms with van der Waals surface area (Å²) in [4.78, 5) is 4.49. The van der Waals surface area contributed by atoms with Crippen LogP contribution in [-0.4, -0.2) is 16.3 Å². The van der Waals surface area contributed by atoms with Crippen molar-refractivity contribution in [2.24, 2.45) is 5.41 Å². The second-order valence-corrected chi connectivity index (χ2v) is 8.05. The Morgan fingerprint density at radius 2 is 1.95 bits per heavy atom. The van der Waals surface area contributed by atoms with Gasteiger partial charge >= 0.3 is 0 Å². The zero-order valence-electron chi connectivity index (χ0n) is 13.6. The molecule has 1 aromatic carbocycles. The maximum atomic E-state index is 14.7. The van der Waals surface area contributed by atoms with Gasteiger partial charge in [0.15, 0.2) is 6.71 Å². The molecule has 0 amide bonds. The Morgan fingerprint density at radius 1 is 1.23 bits per heavy atom. The smallest absolute Gasteiger partial charge is 0.176 e. The molecule has 1 aliphatic carbocycles. The molecule has 0 radical (unpaired) electrons. The molecule has 0 N–H and O–H groups in total. The van der Waals surface area contributed by atoms with Crippen LogP contribution in [-0.2, 0) is 0 Å². The first-order valence-corrected chi connectivity index (χ1v) is 8.69. The van der Waals surface area contributed by atoms with Crippen molar-refractivity contribution in [1.82, 2.24) is 9.55 Å². The van der Waals surface area contributed by atoms with E-state index < -0.39 is 0 Å². The number of rotatable bonds is 2. The molecule has 4 rings (SSSR count). The molecule has 116 valence electrons. The standard InChI is InChI=1S/C18H24BFN2/c1-18(2)6-8-19(9-7-18)13-10-15(20)17-16(11-13)21-12-22(17)14-4-3-5-14/h10-12,14H,3-9H2,1-2H3. The highest BCUT2D eigenvalue weighted by Crippen LogP contribution is 2.37. The highest BCUT2D eigenvalue weighted by molar-refractivity contribution is 6.73. The maximum Gasteiger partial charge on any atom is 0.176 e. The summed E-state index contributed by atoms with van der Waals surface area (Å²) in [6.45, 7) is 5.18. The van der Waals surface area contributed by atoms with E-state index in [0.29, 0.717) is 23.7 Å². The number of fused-ring (bicyclic) bond motifs is 1. The average Bonchev–Trinajstić information content (AvgIpc) is 2.81. The van der Waals surface area contributed by atoms with Gasteiger partial charge in [-0.3, -0.25) is 0 Å². The minimum absolute atomic E-state index is 0.0817. The maximum absolute atomic E-state index is 14.7. The van der Waals surface area contributed by atoms with E-state index in [0.717, 1.165) is 23.8 Å². The van der Waals surface area contributed by atoms with E-state index in [1.165, 1.54) is 31.9 Å². The highest BCUT2D eigenvalue weighted by Gasteiger charge is 2.31. The molecular weight excluding hydrogens is 274 g/mol. The number of benzene rings is 1. The molecule has 4 heteroatoms. The van der Waals surface area contributed by atoms with Gasteiger partial charge in [-0.15, -0.1) is 0 Å². The predicted molar refractivity (Wildman–Crippen MR) is 90.6 cm³/mol. The fraction of sp³-hybridized carbons (Fsp3) is 0.611. The third-order valence-electron chi connectivity index (χ3n) is 5.92. The van der Waals surface area contributed by atoms with Gasteiger partial charge in [-0.25, -0.2) is 9.37 Å². The summed E-state index contributed by atoms with van der Waals surface area (Å²) < 4.78 is 16.8. The van der Waals surface area contributed by atoms with Gasteiger partial charge in [0.25, 0.3) is 0 Å². The van der Waals surface area contributed by atoms with Gasteiger partial charge in [0, 0.05) is 6.04 Å². The van der Waals surface area contributed by atoms with Crippen molar-refractivity contribution in [3.63, 3.8) is 0 Å². The second-order valence-electron chi connectivity index (χ2n) is 8.05. The molecular formula is C18H24BFN2. The number of aromatic nitrogens is 2. The lowest BCUT2D eigenvalue weighted by Crippen LogP contribution is -2.36. The van der Waals surface area contributed by atoms with Crippen LogP contribution in [0.1, 0.15) is 52.0 Å². The van der Waals surface area contributed by atoms with Crippen LogP contribution in [0, 0.1) is 11.2 Å². The Kier molecular flexibility index (Phi) is 3.32. The minimum Gasteiger partial charge on any atom is -0.325 e. The van der Waals surface area contributed by atoms with Gasteiger partial charge in [-0.05, 0) is 36.8 Å². The lowest BCUT2D eigenvalue weighted by atomic mass is 9.35. The molecule has 2 nitrogen and oxygen atoms in total. The molecule has 0 spiro atoms. The van der Waals surface area contributed by atoms with Crippen LogP contribution in [0.5, 0.6) is 0 Å². The van der Waals surface area contributed by atoms with Crippen LogP contribution in [0.25, 0.3) is 11.0 Å². The first-order chi connectivity index (χ1) is 10.5. The average molecular weight is 298 g/mol. The van der Waals surface area contributed by atoms with Crippen LogP contribution in [0.2, 0.25) is 12.6 Å². The largest absolute Gasteiger partial charge is 0.325 e. The zero-order chi connectivity index (χ0) is 15.3. The first-order valence-electron chi connectivity index (χ1n) is 8.69. The summed E-state index contributed by atoms with van der Waals surface area (Å²) in [6.07, 6.45) is 10.2. The topological polar surface area (TPSA) is 17.8 Å². The Balaban J connectivity index is 1.66. The monoisotopic (exact) mass is 298 g/mol. The molecule has 1 saturated carbocycles. The van der Waals surface area contributed by atoms with Crippen LogP contribution in [0.3, 0.4) is 0 Å². The summed E-state index contributed by atoms with van der Waals surface area (Å²) in [5, 5.41) is 0. The second kappa shape index (κ2) is 5.11. The fourth-order valence-electron chi connectivity index (χ4n) is 4.05. The molecule has 2 fully saturated rings. The summed E-state index contributed by atoms with van der Waals surface area (Å²) in [5.41, 5.74) is 3.15. The summed E-state index contributed by atoms with van der Waals surface area (Å²) in [7, 11) is 0. The summed E-state index contributed by atoms with van der Waals surface area (Å²) in [5.74, 6) is -0.0817. The molecule has 1 aromatic heterocycles. The molecule has 0 atom stereocenters. The van der Waals surface area contributed by atoms with Crippen LogP contribution >= 0.6 is 0 Å². The van der Waals surface area contributed by atoms with Crippen molar-refractivity contribution in [2.45, 2.75) is 64.6 Å². The Labute approximate surface area is 132 Å². The van der Waals surface area contributed by atoms with E-state index in [4.69, 9.17) is 0 Å². The van der Waals surface area contributed by atoms with E-state index in [9.17, 15) is 4.39 Å². The van der Waals surface area contributed by atoms with Crippen LogP contribution in [0.4, 0.5) is 4.39 Å². The molecule has 2 heterocycles. The van der Waals surface area contributed by atoms with Gasteiger partial charge < -0.3 is 4.57 Å². The zero-order valence-corrected chi connectivity index (χ0v) is 13.6. The van der Waals surface area contributed by atoms with Gasteiger partial charge in [-0.2, -0.15) is 0 Å². The lowest BCUT2D eigenvalue weighted by Gasteiger charge is -2.33. The van der Waals surface area contributed by atoms with Gasteiger partial charge in [0.1, 0.15) is 11.3 Å². The van der Waals surface area contributed by atoms with Crippen LogP contribution < -0.4 is 5.46 Å². The van der Waals surface area contributed by atoms with E-state index in [1.54, 1.807) is 6.07 Å². The van der Waals surface area contributed by atoms with E-state index in [-0.39, 0.29) is 5.82 Å². The van der Waals surface area contributed by atoms with E-state index in [2.05, 4.69) is 29.5 Å². The van der Waals surface area contributed by atoms with Crippen molar-refractivity contribution < 1.29 is 4.39 Å². The third-order valence-corrected chi connectivity index (χ3v) is 5.92. The Morgan fingerprint density at radius 3 is 2.59 bits per heavy atom. The number of imidazole rings is 1. The highest BCUT2D eigenvalue weighted by atomic mass is 19.1. The lowest BCUT2D eigenvalue weighted by molar-refractivity contribution is 0.318.